The van der Waals surface area contributed by atoms with Crippen LogP contribution in [0.25, 0.3) is 0 Å². The Labute approximate surface area is 119 Å². The molecule has 0 amide bonds. The minimum absolute atomic E-state index is 0.0825. The van der Waals surface area contributed by atoms with Crippen LogP contribution in [0.3, 0.4) is 0 Å². The highest BCUT2D eigenvalue weighted by Crippen LogP contribution is 2.37. The van der Waals surface area contributed by atoms with E-state index in [2.05, 4.69) is 38.2 Å². The summed E-state index contributed by atoms with van der Waals surface area (Å²) in [5, 5.41) is 3.60. The van der Waals surface area contributed by atoms with Gasteiger partial charge >= 0.3 is 0 Å². The molecule has 1 N–H and O–H groups in total. The third-order valence-electron chi connectivity index (χ3n) is 4.02. The van der Waals surface area contributed by atoms with Gasteiger partial charge in [-0.2, -0.15) is 0 Å². The van der Waals surface area contributed by atoms with Crippen molar-refractivity contribution in [3.63, 3.8) is 0 Å². The lowest BCUT2D eigenvalue weighted by Gasteiger charge is -2.35. The molecule has 1 heterocycles. The molecule has 1 atom stereocenters. The number of likely N-dealkylation sites (N-methyl/N-ethyl adjacent to an activating group) is 1. The molecule has 4 heteroatoms. The van der Waals surface area contributed by atoms with E-state index in [1.54, 1.807) is 17.8 Å². The largest absolute Gasteiger partial charge is 0.308 e. The summed E-state index contributed by atoms with van der Waals surface area (Å²) >= 11 is 1.63. The third-order valence-corrected chi connectivity index (χ3v) is 5.18. The van der Waals surface area contributed by atoms with Crippen molar-refractivity contribution in [3.8, 4) is 0 Å². The van der Waals surface area contributed by atoms with E-state index >= 15 is 0 Å². The zero-order valence-corrected chi connectivity index (χ0v) is 13.0. The summed E-state index contributed by atoms with van der Waals surface area (Å²) in [6.07, 6.45) is 1.06. The van der Waals surface area contributed by atoms with Crippen LogP contribution < -0.4 is 5.32 Å². The first-order valence-corrected chi connectivity index (χ1v) is 7.72. The van der Waals surface area contributed by atoms with E-state index < -0.39 is 0 Å². The minimum atomic E-state index is -0.0825. The van der Waals surface area contributed by atoms with Crippen molar-refractivity contribution in [1.29, 1.82) is 0 Å². The molecule has 0 saturated heterocycles. The summed E-state index contributed by atoms with van der Waals surface area (Å²) in [6, 6.07) is 5.68. The molecule has 1 aromatic rings. The summed E-state index contributed by atoms with van der Waals surface area (Å²) in [5.74, 6) is 0.898. The number of hydrogen-bond acceptors (Lipinski definition) is 3. The van der Waals surface area contributed by atoms with E-state index in [-0.39, 0.29) is 17.4 Å². The maximum absolute atomic E-state index is 13.8. The molecule has 0 fully saturated rings. The van der Waals surface area contributed by atoms with Crippen molar-refractivity contribution in [2.45, 2.75) is 36.7 Å². The van der Waals surface area contributed by atoms with Crippen LogP contribution >= 0.6 is 11.8 Å². The van der Waals surface area contributed by atoms with E-state index in [0.717, 1.165) is 29.2 Å². The minimum Gasteiger partial charge on any atom is -0.308 e. The molecule has 0 bridgehead atoms. The molecule has 0 aliphatic carbocycles. The Kier molecular flexibility index (Phi) is 4.54. The molecule has 0 spiro atoms. The summed E-state index contributed by atoms with van der Waals surface area (Å²) in [6.45, 7) is 5.32. The number of halogens is 1. The first-order chi connectivity index (χ1) is 8.92. The summed E-state index contributed by atoms with van der Waals surface area (Å²) < 4.78 is 13.8. The van der Waals surface area contributed by atoms with Gasteiger partial charge in [0, 0.05) is 23.0 Å². The van der Waals surface area contributed by atoms with Crippen LogP contribution in [0.15, 0.2) is 23.1 Å². The maximum atomic E-state index is 13.8. The summed E-state index contributed by atoms with van der Waals surface area (Å²) in [7, 11) is 4.18. The lowest BCUT2D eigenvalue weighted by atomic mass is 10.00. The average Bonchev–Trinajstić information content (AvgIpc) is 2.37. The quantitative estimate of drug-likeness (QED) is 0.912. The Balaban J connectivity index is 2.10. The summed E-state index contributed by atoms with van der Waals surface area (Å²) in [5.41, 5.74) is 1.21. The van der Waals surface area contributed by atoms with Crippen LogP contribution in [0, 0.1) is 5.82 Å². The molecule has 1 aliphatic rings. The van der Waals surface area contributed by atoms with E-state index in [0.29, 0.717) is 0 Å². The van der Waals surface area contributed by atoms with Crippen molar-refractivity contribution in [3.05, 3.63) is 29.6 Å². The van der Waals surface area contributed by atoms with Crippen molar-refractivity contribution >= 4 is 11.8 Å². The van der Waals surface area contributed by atoms with E-state index in [1.165, 1.54) is 0 Å². The molecule has 0 aromatic heterocycles. The Hall–Kier alpha value is -0.580. The number of thioether (sulfide) groups is 1. The van der Waals surface area contributed by atoms with Gasteiger partial charge in [-0.1, -0.05) is 12.1 Å². The Morgan fingerprint density at radius 1 is 1.42 bits per heavy atom. The fraction of sp³-hybridized carbons (Fsp3) is 0.600. The van der Waals surface area contributed by atoms with Gasteiger partial charge in [0.05, 0.1) is 0 Å². The van der Waals surface area contributed by atoms with Crippen LogP contribution in [0.2, 0.25) is 0 Å². The van der Waals surface area contributed by atoms with E-state index in [9.17, 15) is 4.39 Å². The van der Waals surface area contributed by atoms with Gasteiger partial charge in [0.25, 0.3) is 0 Å². The summed E-state index contributed by atoms with van der Waals surface area (Å²) in [4.78, 5) is 3.04. The second kappa shape index (κ2) is 5.81. The van der Waals surface area contributed by atoms with E-state index in [1.807, 2.05) is 12.1 Å². The second-order valence-corrected chi connectivity index (χ2v) is 7.04. The molecule has 106 valence electrons. The lowest BCUT2D eigenvalue weighted by molar-refractivity contribution is 0.183. The second-order valence-electron chi connectivity index (χ2n) is 5.94. The monoisotopic (exact) mass is 282 g/mol. The molecule has 1 unspecified atom stereocenters. The van der Waals surface area contributed by atoms with Crippen LogP contribution in [0.4, 0.5) is 4.39 Å². The first-order valence-electron chi connectivity index (χ1n) is 6.74. The van der Waals surface area contributed by atoms with Gasteiger partial charge in [0.1, 0.15) is 5.82 Å². The number of hydrogen-bond donors (Lipinski definition) is 1. The predicted molar refractivity (Wildman–Crippen MR) is 80.3 cm³/mol. The number of nitrogens with one attached hydrogen (secondary N) is 1. The van der Waals surface area contributed by atoms with Crippen molar-refractivity contribution in [1.82, 2.24) is 10.2 Å². The topological polar surface area (TPSA) is 15.3 Å². The lowest BCUT2D eigenvalue weighted by Crippen LogP contribution is -2.47. The molecule has 0 radical (unpaired) electrons. The molecule has 19 heavy (non-hydrogen) atoms. The average molecular weight is 282 g/mol. The predicted octanol–water partition coefficient (Wildman–Crippen LogP) is 3.29. The Morgan fingerprint density at radius 3 is 2.84 bits per heavy atom. The third kappa shape index (κ3) is 3.30. The molecule has 1 aromatic carbocycles. The standard InChI is InChI=1S/C15H23FN2S/c1-15(2,18(3)4)10-17-13-8-9-19-14-11(13)6-5-7-12(14)16/h5-7,13,17H,8-10H2,1-4H3. The Morgan fingerprint density at radius 2 is 2.16 bits per heavy atom. The zero-order chi connectivity index (χ0) is 14.0. The van der Waals surface area contributed by atoms with Crippen LogP contribution in [0.1, 0.15) is 31.9 Å². The van der Waals surface area contributed by atoms with Crippen molar-refractivity contribution in [2.75, 3.05) is 26.4 Å². The van der Waals surface area contributed by atoms with Gasteiger partial charge in [0.2, 0.25) is 0 Å². The number of benzene rings is 1. The van der Waals surface area contributed by atoms with E-state index in [4.69, 9.17) is 0 Å². The highest BCUT2D eigenvalue weighted by Gasteiger charge is 2.26. The van der Waals surface area contributed by atoms with Crippen molar-refractivity contribution in [2.24, 2.45) is 0 Å². The maximum Gasteiger partial charge on any atom is 0.137 e. The van der Waals surface area contributed by atoms with Gasteiger partial charge in [0.15, 0.2) is 0 Å². The molecular formula is C15H23FN2S. The normalized spacial score (nSPS) is 19.6. The fourth-order valence-corrected chi connectivity index (χ4v) is 3.27. The number of nitrogens with zero attached hydrogens (tertiary/aromatic N) is 1. The molecular weight excluding hydrogens is 259 g/mol. The highest BCUT2D eigenvalue weighted by atomic mass is 32.2. The Bertz CT molecular complexity index is 446. The van der Waals surface area contributed by atoms with Gasteiger partial charge in [-0.15, -0.1) is 11.8 Å². The first kappa shape index (κ1) is 14.8. The zero-order valence-electron chi connectivity index (χ0n) is 12.2. The van der Waals surface area contributed by atoms with Gasteiger partial charge in [-0.05, 0) is 51.7 Å². The smallest absolute Gasteiger partial charge is 0.137 e. The molecule has 2 rings (SSSR count). The number of fused-ring (bicyclic) bond motifs is 1. The number of rotatable bonds is 4. The SMILES string of the molecule is CN(C)C(C)(C)CNC1CCSc2c(F)cccc21. The van der Waals surface area contributed by atoms with Gasteiger partial charge < -0.3 is 10.2 Å². The highest BCUT2D eigenvalue weighted by molar-refractivity contribution is 7.99. The van der Waals surface area contributed by atoms with Gasteiger partial charge in [-0.3, -0.25) is 0 Å². The molecule has 2 nitrogen and oxygen atoms in total. The van der Waals surface area contributed by atoms with Crippen LogP contribution in [0.5, 0.6) is 0 Å². The van der Waals surface area contributed by atoms with Crippen molar-refractivity contribution < 1.29 is 4.39 Å². The fourth-order valence-electron chi connectivity index (χ4n) is 2.13. The van der Waals surface area contributed by atoms with Crippen LogP contribution in [-0.4, -0.2) is 36.8 Å². The molecule has 1 aliphatic heterocycles. The van der Waals surface area contributed by atoms with Gasteiger partial charge in [-0.25, -0.2) is 4.39 Å². The molecule has 0 saturated carbocycles. The van der Waals surface area contributed by atoms with Crippen LogP contribution in [-0.2, 0) is 0 Å².